The lowest BCUT2D eigenvalue weighted by Crippen LogP contribution is -2.24. The smallest absolute Gasteiger partial charge is 0.339 e. The van der Waals surface area contributed by atoms with Crippen LogP contribution in [0, 0.1) is 18.8 Å². The second-order valence-electron chi connectivity index (χ2n) is 5.74. The number of carboxylic acid groups (broad SMARTS) is 1. The highest BCUT2D eigenvalue weighted by Gasteiger charge is 2.41. The van der Waals surface area contributed by atoms with E-state index in [0.29, 0.717) is 11.7 Å². The van der Waals surface area contributed by atoms with Crippen molar-refractivity contribution < 1.29 is 14.6 Å². The molecule has 3 atom stereocenters. The molecule has 2 saturated carbocycles. The minimum absolute atomic E-state index is 0.205. The van der Waals surface area contributed by atoms with E-state index in [1.54, 1.807) is 6.07 Å². The van der Waals surface area contributed by atoms with Crippen molar-refractivity contribution in [3.8, 4) is 5.75 Å². The standard InChI is InChI=1S/C15H17BrO3/c1-8-4-11(16)7-12(15(17)18)14(8)19-13-6-9-2-3-10(13)5-9/h4,7,9-10,13H,2-3,5-6H2,1H3,(H,17,18). The fourth-order valence-electron chi connectivity index (χ4n) is 3.53. The third-order valence-electron chi connectivity index (χ3n) is 4.41. The number of hydrogen-bond acceptors (Lipinski definition) is 2. The average Bonchev–Trinajstić information content (AvgIpc) is 2.93. The van der Waals surface area contributed by atoms with Crippen LogP contribution in [0.15, 0.2) is 16.6 Å². The van der Waals surface area contributed by atoms with Crippen LogP contribution in [0.3, 0.4) is 0 Å². The van der Waals surface area contributed by atoms with E-state index >= 15 is 0 Å². The van der Waals surface area contributed by atoms with Crippen molar-refractivity contribution in [2.24, 2.45) is 11.8 Å². The zero-order valence-electron chi connectivity index (χ0n) is 10.9. The summed E-state index contributed by atoms with van der Waals surface area (Å²) in [5, 5.41) is 9.32. The number of halogens is 1. The molecule has 0 aromatic heterocycles. The quantitative estimate of drug-likeness (QED) is 0.913. The fourth-order valence-corrected chi connectivity index (χ4v) is 4.10. The molecule has 0 spiro atoms. The molecule has 2 fully saturated rings. The summed E-state index contributed by atoms with van der Waals surface area (Å²) in [5.74, 6) is 1.03. The number of ether oxygens (including phenoxy) is 1. The highest BCUT2D eigenvalue weighted by Crippen LogP contribution is 2.46. The number of aryl methyl sites for hydroxylation is 1. The number of hydrogen-bond donors (Lipinski definition) is 1. The predicted molar refractivity (Wildman–Crippen MR) is 75.7 cm³/mol. The molecule has 3 unspecified atom stereocenters. The van der Waals surface area contributed by atoms with Gasteiger partial charge in [0.25, 0.3) is 0 Å². The maximum absolute atomic E-state index is 11.4. The number of fused-ring (bicyclic) bond motifs is 2. The van der Waals surface area contributed by atoms with Crippen LogP contribution in [-0.2, 0) is 0 Å². The number of aromatic carboxylic acids is 1. The van der Waals surface area contributed by atoms with Crippen molar-refractivity contribution in [3.05, 3.63) is 27.7 Å². The van der Waals surface area contributed by atoms with Gasteiger partial charge in [-0.05, 0) is 62.1 Å². The Balaban J connectivity index is 1.89. The monoisotopic (exact) mass is 324 g/mol. The van der Waals surface area contributed by atoms with Gasteiger partial charge in [0.15, 0.2) is 0 Å². The van der Waals surface area contributed by atoms with E-state index in [0.717, 1.165) is 22.4 Å². The van der Waals surface area contributed by atoms with Gasteiger partial charge in [0, 0.05) is 4.47 Å². The Hall–Kier alpha value is -1.03. The first-order valence-electron chi connectivity index (χ1n) is 6.74. The Labute approximate surface area is 121 Å². The zero-order valence-corrected chi connectivity index (χ0v) is 12.4. The molecule has 3 rings (SSSR count). The molecule has 1 aromatic carbocycles. The van der Waals surface area contributed by atoms with Crippen molar-refractivity contribution in [1.29, 1.82) is 0 Å². The molecule has 2 aliphatic rings. The summed E-state index contributed by atoms with van der Waals surface area (Å²) >= 11 is 3.34. The summed E-state index contributed by atoms with van der Waals surface area (Å²) in [6.45, 7) is 1.90. The first-order chi connectivity index (χ1) is 9.04. The molecule has 1 N–H and O–H groups in total. The summed E-state index contributed by atoms with van der Waals surface area (Å²) in [4.78, 5) is 11.4. The van der Waals surface area contributed by atoms with E-state index in [2.05, 4.69) is 15.9 Å². The van der Waals surface area contributed by atoms with Crippen LogP contribution < -0.4 is 4.74 Å². The van der Waals surface area contributed by atoms with Gasteiger partial charge in [0.2, 0.25) is 0 Å². The third-order valence-corrected chi connectivity index (χ3v) is 4.87. The molecule has 0 saturated heterocycles. The minimum atomic E-state index is -0.928. The molecule has 0 amide bonds. The molecule has 19 heavy (non-hydrogen) atoms. The van der Waals surface area contributed by atoms with Gasteiger partial charge in [-0.25, -0.2) is 4.79 Å². The first kappa shape index (κ1) is 13.0. The lowest BCUT2D eigenvalue weighted by molar-refractivity contribution is 0.0683. The number of carbonyl (C=O) groups is 1. The molecule has 0 radical (unpaired) electrons. The minimum Gasteiger partial charge on any atom is -0.489 e. The Morgan fingerprint density at radius 3 is 2.74 bits per heavy atom. The molecule has 2 bridgehead atoms. The molecule has 0 heterocycles. The van der Waals surface area contributed by atoms with E-state index in [-0.39, 0.29) is 11.7 Å². The predicted octanol–water partition coefficient (Wildman–Crippen LogP) is 4.02. The van der Waals surface area contributed by atoms with Gasteiger partial charge in [-0.3, -0.25) is 0 Å². The van der Waals surface area contributed by atoms with E-state index in [9.17, 15) is 9.90 Å². The van der Waals surface area contributed by atoms with Crippen LogP contribution in [0.5, 0.6) is 5.75 Å². The van der Waals surface area contributed by atoms with E-state index in [1.165, 1.54) is 19.3 Å². The molecular weight excluding hydrogens is 308 g/mol. The SMILES string of the molecule is Cc1cc(Br)cc(C(=O)O)c1OC1CC2CCC1C2. The Morgan fingerprint density at radius 1 is 1.37 bits per heavy atom. The van der Waals surface area contributed by atoms with Gasteiger partial charge in [-0.2, -0.15) is 0 Å². The van der Waals surface area contributed by atoms with E-state index < -0.39 is 5.97 Å². The Kier molecular flexibility index (Phi) is 3.29. The van der Waals surface area contributed by atoms with Crippen LogP contribution >= 0.6 is 15.9 Å². The second kappa shape index (κ2) is 4.82. The summed E-state index contributed by atoms with van der Waals surface area (Å²) in [5.41, 5.74) is 1.14. The largest absolute Gasteiger partial charge is 0.489 e. The third kappa shape index (κ3) is 2.38. The van der Waals surface area contributed by atoms with Gasteiger partial charge >= 0.3 is 5.97 Å². The molecule has 3 nitrogen and oxygen atoms in total. The molecule has 1 aromatic rings. The van der Waals surface area contributed by atoms with Crippen LogP contribution in [-0.4, -0.2) is 17.2 Å². The van der Waals surface area contributed by atoms with Gasteiger partial charge in [-0.1, -0.05) is 15.9 Å². The first-order valence-corrected chi connectivity index (χ1v) is 7.54. The maximum Gasteiger partial charge on any atom is 0.339 e. The van der Waals surface area contributed by atoms with Crippen LogP contribution in [0.4, 0.5) is 0 Å². The number of carboxylic acids is 1. The zero-order chi connectivity index (χ0) is 13.6. The second-order valence-corrected chi connectivity index (χ2v) is 6.65. The van der Waals surface area contributed by atoms with Crippen molar-refractivity contribution in [3.63, 3.8) is 0 Å². The average molecular weight is 325 g/mol. The summed E-state index contributed by atoms with van der Waals surface area (Å²) in [7, 11) is 0. The molecule has 102 valence electrons. The van der Waals surface area contributed by atoms with Crippen LogP contribution in [0.2, 0.25) is 0 Å². The highest BCUT2D eigenvalue weighted by atomic mass is 79.9. The molecular formula is C15H17BrO3. The lowest BCUT2D eigenvalue weighted by Gasteiger charge is -2.25. The molecule has 0 aliphatic heterocycles. The molecule has 2 aliphatic carbocycles. The molecule has 4 heteroatoms. The number of rotatable bonds is 3. The van der Waals surface area contributed by atoms with Crippen LogP contribution in [0.1, 0.15) is 41.6 Å². The fraction of sp³-hybridized carbons (Fsp3) is 0.533. The lowest BCUT2D eigenvalue weighted by atomic mass is 9.97. The van der Waals surface area contributed by atoms with Crippen molar-refractivity contribution in [2.75, 3.05) is 0 Å². The van der Waals surface area contributed by atoms with Crippen LogP contribution in [0.25, 0.3) is 0 Å². The van der Waals surface area contributed by atoms with Crippen molar-refractivity contribution in [2.45, 2.75) is 38.7 Å². The normalized spacial score (nSPS) is 28.6. The Morgan fingerprint density at radius 2 is 2.16 bits per heavy atom. The van der Waals surface area contributed by atoms with Gasteiger partial charge < -0.3 is 9.84 Å². The van der Waals surface area contributed by atoms with Gasteiger partial charge in [0.1, 0.15) is 17.4 Å². The maximum atomic E-state index is 11.4. The van der Waals surface area contributed by atoms with E-state index in [1.807, 2.05) is 13.0 Å². The summed E-state index contributed by atoms with van der Waals surface area (Å²) in [6, 6.07) is 3.53. The van der Waals surface area contributed by atoms with E-state index in [4.69, 9.17) is 4.74 Å². The van der Waals surface area contributed by atoms with Crippen molar-refractivity contribution in [1.82, 2.24) is 0 Å². The summed E-state index contributed by atoms with van der Waals surface area (Å²) < 4.78 is 6.87. The highest BCUT2D eigenvalue weighted by molar-refractivity contribution is 9.10. The van der Waals surface area contributed by atoms with Gasteiger partial charge in [0.05, 0.1) is 0 Å². The number of benzene rings is 1. The van der Waals surface area contributed by atoms with Crippen molar-refractivity contribution >= 4 is 21.9 Å². The summed E-state index contributed by atoms with van der Waals surface area (Å²) in [6.07, 6.45) is 5.09. The Bertz CT molecular complexity index is 526. The topological polar surface area (TPSA) is 46.5 Å². The van der Waals surface area contributed by atoms with Gasteiger partial charge in [-0.15, -0.1) is 0 Å².